The van der Waals surface area contributed by atoms with Crippen molar-refractivity contribution >= 4 is 5.97 Å². The third-order valence-electron chi connectivity index (χ3n) is 5.74. The number of carboxylic acid groups (broad SMARTS) is 1. The van der Waals surface area contributed by atoms with Gasteiger partial charge in [0.1, 0.15) is 12.4 Å². The molecule has 0 radical (unpaired) electrons. The molecule has 4 nitrogen and oxygen atoms in total. The van der Waals surface area contributed by atoms with Crippen molar-refractivity contribution in [3.8, 4) is 5.75 Å². The molecule has 0 aliphatic heterocycles. The van der Waals surface area contributed by atoms with E-state index in [-0.39, 0.29) is 5.92 Å². The van der Waals surface area contributed by atoms with Gasteiger partial charge in [-0.05, 0) is 66.3 Å². The number of aromatic nitrogens is 1. The Balaban J connectivity index is 1.53. The highest BCUT2D eigenvalue weighted by Crippen LogP contribution is 2.41. The van der Waals surface area contributed by atoms with Crippen LogP contribution < -0.4 is 4.74 Å². The van der Waals surface area contributed by atoms with Crippen LogP contribution in [-0.2, 0) is 6.61 Å². The number of benzene rings is 2. The fourth-order valence-electron chi connectivity index (χ4n) is 4.27. The number of ether oxygens (including phenoxy) is 1. The molecular weight excluding hydrogens is 362 g/mol. The molecule has 1 atom stereocenters. The van der Waals surface area contributed by atoms with Gasteiger partial charge in [-0.2, -0.15) is 0 Å². The lowest BCUT2D eigenvalue weighted by Crippen LogP contribution is -2.12. The minimum atomic E-state index is -0.886. The fraction of sp³-hybridized carbons (Fsp3) is 0.280. The van der Waals surface area contributed by atoms with Crippen molar-refractivity contribution in [2.45, 2.75) is 38.2 Å². The summed E-state index contributed by atoms with van der Waals surface area (Å²) in [5.41, 5.74) is 3.67. The van der Waals surface area contributed by atoms with Gasteiger partial charge < -0.3 is 9.84 Å². The lowest BCUT2D eigenvalue weighted by atomic mass is 9.79. The summed E-state index contributed by atoms with van der Waals surface area (Å²) in [7, 11) is 0. The summed E-state index contributed by atoms with van der Waals surface area (Å²) in [6.45, 7) is 0.447. The van der Waals surface area contributed by atoms with Crippen molar-refractivity contribution in [1.29, 1.82) is 0 Å². The predicted molar refractivity (Wildman–Crippen MR) is 112 cm³/mol. The first-order valence-electron chi connectivity index (χ1n) is 10.2. The number of carbonyl (C=O) groups is 1. The third kappa shape index (κ3) is 4.65. The van der Waals surface area contributed by atoms with Gasteiger partial charge in [-0.3, -0.25) is 4.98 Å². The summed E-state index contributed by atoms with van der Waals surface area (Å²) >= 11 is 0. The molecule has 0 spiro atoms. The van der Waals surface area contributed by atoms with Gasteiger partial charge in [-0.25, -0.2) is 4.79 Å². The quantitative estimate of drug-likeness (QED) is 0.566. The second kappa shape index (κ2) is 8.91. The van der Waals surface area contributed by atoms with Gasteiger partial charge in [-0.15, -0.1) is 0 Å². The lowest BCUT2D eigenvalue weighted by Gasteiger charge is -2.25. The zero-order valence-corrected chi connectivity index (χ0v) is 16.3. The van der Waals surface area contributed by atoms with Crippen LogP contribution in [0.4, 0.5) is 0 Å². The number of rotatable bonds is 7. The molecule has 0 bridgehead atoms. The van der Waals surface area contributed by atoms with Crippen LogP contribution in [0.15, 0.2) is 72.9 Å². The van der Waals surface area contributed by atoms with Crippen molar-refractivity contribution < 1.29 is 14.6 Å². The van der Waals surface area contributed by atoms with Crippen LogP contribution in [0, 0.1) is 5.92 Å². The highest BCUT2D eigenvalue weighted by atomic mass is 16.5. The summed E-state index contributed by atoms with van der Waals surface area (Å²) in [6, 6.07) is 21.5. The number of aromatic carboxylic acids is 1. The van der Waals surface area contributed by atoms with E-state index in [1.165, 1.54) is 36.8 Å². The molecule has 1 heterocycles. The highest BCUT2D eigenvalue weighted by molar-refractivity contribution is 5.87. The van der Waals surface area contributed by atoms with Crippen LogP contribution in [0.5, 0.6) is 5.75 Å². The SMILES string of the molecule is O=C(O)c1ccc(C(c2ccc(OCc3ccccn3)cc2)C2CCCC2)cc1. The molecule has 148 valence electrons. The van der Waals surface area contributed by atoms with Crippen LogP contribution in [-0.4, -0.2) is 16.1 Å². The van der Waals surface area contributed by atoms with Crippen LogP contribution in [0.1, 0.15) is 58.8 Å². The van der Waals surface area contributed by atoms with Crippen LogP contribution in [0.25, 0.3) is 0 Å². The van der Waals surface area contributed by atoms with E-state index in [4.69, 9.17) is 4.74 Å². The van der Waals surface area contributed by atoms with Crippen molar-refractivity contribution in [2.24, 2.45) is 5.92 Å². The average Bonchev–Trinajstić information content (AvgIpc) is 3.29. The largest absolute Gasteiger partial charge is 0.487 e. The molecule has 0 amide bonds. The third-order valence-corrected chi connectivity index (χ3v) is 5.74. The Morgan fingerprint density at radius 2 is 1.62 bits per heavy atom. The van der Waals surface area contributed by atoms with Gasteiger partial charge in [0.05, 0.1) is 11.3 Å². The van der Waals surface area contributed by atoms with Crippen molar-refractivity contribution in [1.82, 2.24) is 4.98 Å². The van der Waals surface area contributed by atoms with Crippen LogP contribution >= 0.6 is 0 Å². The average molecular weight is 387 g/mol. The fourth-order valence-corrected chi connectivity index (χ4v) is 4.27. The van der Waals surface area contributed by atoms with Gasteiger partial charge in [0, 0.05) is 12.1 Å². The Morgan fingerprint density at radius 3 is 2.21 bits per heavy atom. The first kappa shape index (κ1) is 19.2. The Bertz CT molecular complexity index is 930. The molecule has 1 aliphatic rings. The summed E-state index contributed by atoms with van der Waals surface area (Å²) in [4.78, 5) is 15.5. The minimum Gasteiger partial charge on any atom is -0.487 e. The van der Waals surface area contributed by atoms with Crippen molar-refractivity contribution in [2.75, 3.05) is 0 Å². The van der Waals surface area contributed by atoms with Crippen LogP contribution in [0.2, 0.25) is 0 Å². The van der Waals surface area contributed by atoms with Gasteiger partial charge in [0.25, 0.3) is 0 Å². The molecule has 1 N–H and O–H groups in total. The molecule has 4 heteroatoms. The Morgan fingerprint density at radius 1 is 0.966 bits per heavy atom. The molecule has 1 aromatic heterocycles. The molecule has 1 fully saturated rings. The molecule has 1 saturated carbocycles. The number of pyridine rings is 1. The summed E-state index contributed by atoms with van der Waals surface area (Å²) in [6.07, 6.45) is 6.72. The van der Waals surface area contributed by atoms with E-state index < -0.39 is 5.97 Å². The molecule has 29 heavy (non-hydrogen) atoms. The minimum absolute atomic E-state index is 0.283. The van der Waals surface area contributed by atoms with E-state index >= 15 is 0 Å². The Kier molecular flexibility index (Phi) is 5.89. The maximum atomic E-state index is 11.2. The zero-order chi connectivity index (χ0) is 20.1. The smallest absolute Gasteiger partial charge is 0.335 e. The molecule has 2 aromatic carbocycles. The van der Waals surface area contributed by atoms with E-state index in [2.05, 4.69) is 17.1 Å². The Labute approximate surface area is 171 Å². The van der Waals surface area contributed by atoms with E-state index in [9.17, 15) is 9.90 Å². The number of hydrogen-bond donors (Lipinski definition) is 1. The van der Waals surface area contributed by atoms with E-state index in [1.54, 1.807) is 18.3 Å². The summed E-state index contributed by atoms with van der Waals surface area (Å²) in [5, 5.41) is 9.19. The molecule has 4 rings (SSSR count). The molecule has 0 saturated heterocycles. The van der Waals surface area contributed by atoms with Crippen molar-refractivity contribution in [3.05, 3.63) is 95.3 Å². The topological polar surface area (TPSA) is 59.4 Å². The predicted octanol–water partition coefficient (Wildman–Crippen LogP) is 5.68. The molecule has 1 aliphatic carbocycles. The monoisotopic (exact) mass is 387 g/mol. The van der Waals surface area contributed by atoms with Crippen molar-refractivity contribution in [3.63, 3.8) is 0 Å². The van der Waals surface area contributed by atoms with E-state index in [0.29, 0.717) is 18.1 Å². The van der Waals surface area contributed by atoms with Crippen LogP contribution in [0.3, 0.4) is 0 Å². The standard InChI is InChI=1S/C25H25NO3/c27-25(28)21-10-8-19(9-11-21)24(18-5-1-2-6-18)20-12-14-23(15-13-20)29-17-22-7-3-4-16-26-22/h3-4,7-16,18,24H,1-2,5-6,17H2,(H,27,28). The van der Waals surface area contributed by atoms with E-state index in [0.717, 1.165) is 11.4 Å². The summed E-state index contributed by atoms with van der Waals surface area (Å²) in [5.74, 6) is 0.810. The first-order valence-corrected chi connectivity index (χ1v) is 10.2. The number of nitrogens with zero attached hydrogens (tertiary/aromatic N) is 1. The number of hydrogen-bond acceptors (Lipinski definition) is 3. The summed E-state index contributed by atoms with van der Waals surface area (Å²) < 4.78 is 5.87. The maximum Gasteiger partial charge on any atom is 0.335 e. The number of carboxylic acids is 1. The second-order valence-corrected chi connectivity index (χ2v) is 7.63. The van der Waals surface area contributed by atoms with Gasteiger partial charge in [-0.1, -0.05) is 43.2 Å². The van der Waals surface area contributed by atoms with E-state index in [1.807, 2.05) is 42.5 Å². The van der Waals surface area contributed by atoms with Gasteiger partial charge in [0.2, 0.25) is 0 Å². The second-order valence-electron chi connectivity index (χ2n) is 7.63. The highest BCUT2D eigenvalue weighted by Gasteiger charge is 2.28. The molecular formula is C25H25NO3. The molecule has 1 unspecified atom stereocenters. The zero-order valence-electron chi connectivity index (χ0n) is 16.3. The first-order chi connectivity index (χ1) is 14.2. The Hall–Kier alpha value is -3.14. The van der Waals surface area contributed by atoms with Gasteiger partial charge >= 0.3 is 5.97 Å². The normalized spacial score (nSPS) is 15.2. The maximum absolute atomic E-state index is 11.2. The lowest BCUT2D eigenvalue weighted by molar-refractivity contribution is 0.0697. The van der Waals surface area contributed by atoms with Gasteiger partial charge in [0.15, 0.2) is 0 Å². The molecule has 3 aromatic rings.